The number of hydrogen-bond donors (Lipinski definition) is 0. The van der Waals surface area contributed by atoms with E-state index in [0.717, 1.165) is 0 Å². The molecule has 0 spiro atoms. The highest BCUT2D eigenvalue weighted by molar-refractivity contribution is 6.30. The minimum atomic E-state index is -0.359. The first-order valence-electron chi connectivity index (χ1n) is 7.32. The zero-order chi connectivity index (χ0) is 17.5. The van der Waals surface area contributed by atoms with E-state index in [0.29, 0.717) is 34.3 Å². The highest BCUT2D eigenvalue weighted by Crippen LogP contribution is 2.29. The fourth-order valence-electron chi connectivity index (χ4n) is 2.12. The maximum absolute atomic E-state index is 12.4. The Morgan fingerprint density at radius 3 is 2.50 bits per heavy atom. The molecule has 122 valence electrons. The number of Topliss-reactive ketones (excluding diaryl/α,β-unsaturated/α-hetero) is 1. The number of halogens is 1. The summed E-state index contributed by atoms with van der Waals surface area (Å²) in [6.07, 6.45) is 1.52. The molecule has 0 saturated heterocycles. The van der Waals surface area contributed by atoms with Gasteiger partial charge in [0.25, 0.3) is 0 Å². The molecule has 0 aliphatic heterocycles. The van der Waals surface area contributed by atoms with Crippen molar-refractivity contribution in [2.24, 2.45) is 0 Å². The molecular weight excluding hydrogens is 326 g/mol. The Balaban J connectivity index is 2.35. The van der Waals surface area contributed by atoms with Gasteiger partial charge in [-0.2, -0.15) is 5.26 Å². The molecular formula is C19H16ClNO3. The SMILES string of the molecule is CCOc1ccc(/C=C(\C#N)C(=O)c2ccc(Cl)cc2)cc1OC. The van der Waals surface area contributed by atoms with Crippen molar-refractivity contribution >= 4 is 23.5 Å². The van der Waals surface area contributed by atoms with E-state index in [4.69, 9.17) is 21.1 Å². The molecule has 0 atom stereocenters. The van der Waals surface area contributed by atoms with Crippen molar-refractivity contribution in [2.75, 3.05) is 13.7 Å². The quantitative estimate of drug-likeness (QED) is 0.440. The number of nitrogens with zero attached hydrogens (tertiary/aromatic N) is 1. The maximum atomic E-state index is 12.4. The highest BCUT2D eigenvalue weighted by Gasteiger charge is 2.13. The third-order valence-corrected chi connectivity index (χ3v) is 3.52. The van der Waals surface area contributed by atoms with E-state index < -0.39 is 0 Å². The van der Waals surface area contributed by atoms with Crippen LogP contribution in [0.4, 0.5) is 0 Å². The van der Waals surface area contributed by atoms with Crippen molar-refractivity contribution in [3.63, 3.8) is 0 Å². The smallest absolute Gasteiger partial charge is 0.203 e. The number of hydrogen-bond acceptors (Lipinski definition) is 4. The number of ether oxygens (including phenoxy) is 2. The van der Waals surface area contributed by atoms with E-state index >= 15 is 0 Å². The molecule has 0 saturated carbocycles. The van der Waals surface area contributed by atoms with Gasteiger partial charge in [-0.1, -0.05) is 17.7 Å². The number of carbonyl (C=O) groups is 1. The first-order chi connectivity index (χ1) is 11.6. The summed E-state index contributed by atoms with van der Waals surface area (Å²) in [5.41, 5.74) is 1.11. The topological polar surface area (TPSA) is 59.3 Å². The number of benzene rings is 2. The summed E-state index contributed by atoms with van der Waals surface area (Å²) in [6, 6.07) is 13.6. The second-order valence-corrected chi connectivity index (χ2v) is 5.29. The second-order valence-electron chi connectivity index (χ2n) is 4.85. The van der Waals surface area contributed by atoms with E-state index in [2.05, 4.69) is 0 Å². The number of carbonyl (C=O) groups excluding carboxylic acids is 1. The summed E-state index contributed by atoms with van der Waals surface area (Å²) >= 11 is 5.82. The Kier molecular flexibility index (Phi) is 6.00. The van der Waals surface area contributed by atoms with Gasteiger partial charge < -0.3 is 9.47 Å². The number of nitriles is 1. The minimum absolute atomic E-state index is 0.0311. The van der Waals surface area contributed by atoms with Crippen LogP contribution in [0.25, 0.3) is 6.08 Å². The first kappa shape index (κ1) is 17.6. The summed E-state index contributed by atoms with van der Waals surface area (Å²) in [7, 11) is 1.54. The Morgan fingerprint density at radius 2 is 1.92 bits per heavy atom. The summed E-state index contributed by atoms with van der Waals surface area (Å²) in [6.45, 7) is 2.40. The molecule has 0 heterocycles. The van der Waals surface area contributed by atoms with Crippen molar-refractivity contribution in [1.82, 2.24) is 0 Å². The predicted molar refractivity (Wildman–Crippen MR) is 93.5 cm³/mol. The zero-order valence-corrected chi connectivity index (χ0v) is 14.1. The van der Waals surface area contributed by atoms with Crippen LogP contribution >= 0.6 is 11.6 Å². The van der Waals surface area contributed by atoms with Gasteiger partial charge >= 0.3 is 0 Å². The number of allylic oxidation sites excluding steroid dienone is 1. The van der Waals surface area contributed by atoms with Crippen molar-refractivity contribution in [3.8, 4) is 17.6 Å². The largest absolute Gasteiger partial charge is 0.493 e. The summed E-state index contributed by atoms with van der Waals surface area (Å²) in [4.78, 5) is 12.4. The minimum Gasteiger partial charge on any atom is -0.493 e. The lowest BCUT2D eigenvalue weighted by molar-refractivity contribution is 0.104. The van der Waals surface area contributed by atoms with Gasteiger partial charge in [-0.25, -0.2) is 0 Å². The van der Waals surface area contributed by atoms with Gasteiger partial charge in [0.15, 0.2) is 11.5 Å². The third-order valence-electron chi connectivity index (χ3n) is 3.27. The van der Waals surface area contributed by atoms with Crippen molar-refractivity contribution in [2.45, 2.75) is 6.92 Å². The van der Waals surface area contributed by atoms with E-state index in [-0.39, 0.29) is 11.4 Å². The summed E-state index contributed by atoms with van der Waals surface area (Å²) < 4.78 is 10.7. The number of rotatable bonds is 6. The van der Waals surface area contributed by atoms with Crippen LogP contribution in [0, 0.1) is 11.3 Å². The molecule has 0 bridgehead atoms. The third kappa shape index (κ3) is 4.15. The molecule has 0 aliphatic rings. The molecule has 2 aromatic carbocycles. The molecule has 0 fully saturated rings. The van der Waals surface area contributed by atoms with Gasteiger partial charge in [-0.3, -0.25) is 4.79 Å². The second kappa shape index (κ2) is 8.19. The molecule has 2 rings (SSSR count). The standard InChI is InChI=1S/C19H16ClNO3/c1-3-24-17-9-4-13(11-18(17)23-2)10-15(12-21)19(22)14-5-7-16(20)8-6-14/h4-11H,3H2,1-2H3/b15-10+. The van der Waals surface area contributed by atoms with E-state index in [1.165, 1.54) is 13.2 Å². The van der Waals surface area contributed by atoms with E-state index in [9.17, 15) is 10.1 Å². The molecule has 0 amide bonds. The van der Waals surface area contributed by atoms with Gasteiger partial charge in [0.2, 0.25) is 5.78 Å². The predicted octanol–water partition coefficient (Wildman–Crippen LogP) is 4.54. The molecule has 4 nitrogen and oxygen atoms in total. The number of ketones is 1. The Labute approximate surface area is 145 Å². The summed E-state index contributed by atoms with van der Waals surface area (Å²) in [5.74, 6) is 0.795. The lowest BCUT2D eigenvalue weighted by Gasteiger charge is -2.09. The fraction of sp³-hybridized carbons (Fsp3) is 0.158. The Hall–Kier alpha value is -2.77. The molecule has 24 heavy (non-hydrogen) atoms. The first-order valence-corrected chi connectivity index (χ1v) is 7.69. The Morgan fingerprint density at radius 1 is 1.21 bits per heavy atom. The number of methoxy groups -OCH3 is 1. The van der Waals surface area contributed by atoms with Gasteiger partial charge in [0.1, 0.15) is 11.6 Å². The van der Waals surface area contributed by atoms with Gasteiger partial charge in [0, 0.05) is 10.6 Å². The van der Waals surface area contributed by atoms with Crippen LogP contribution in [-0.4, -0.2) is 19.5 Å². The van der Waals surface area contributed by atoms with Crippen molar-refractivity contribution in [3.05, 3.63) is 64.2 Å². The van der Waals surface area contributed by atoms with Crippen LogP contribution in [0.1, 0.15) is 22.8 Å². The lowest BCUT2D eigenvalue weighted by atomic mass is 10.0. The average Bonchev–Trinajstić information content (AvgIpc) is 2.61. The van der Waals surface area contributed by atoms with Gasteiger partial charge in [0.05, 0.1) is 13.7 Å². The van der Waals surface area contributed by atoms with Crippen LogP contribution in [0.15, 0.2) is 48.0 Å². The molecule has 5 heteroatoms. The van der Waals surface area contributed by atoms with E-state index in [1.807, 2.05) is 13.0 Å². The van der Waals surface area contributed by atoms with Crippen molar-refractivity contribution < 1.29 is 14.3 Å². The van der Waals surface area contributed by atoms with Crippen LogP contribution in [0.2, 0.25) is 5.02 Å². The molecule has 0 radical (unpaired) electrons. The molecule has 0 aliphatic carbocycles. The average molecular weight is 342 g/mol. The highest BCUT2D eigenvalue weighted by atomic mass is 35.5. The lowest BCUT2D eigenvalue weighted by Crippen LogP contribution is -2.01. The normalized spacial score (nSPS) is 10.8. The van der Waals surface area contributed by atoms with Crippen LogP contribution in [0.3, 0.4) is 0 Å². The summed E-state index contributed by atoms with van der Waals surface area (Å²) in [5, 5.41) is 9.85. The fourth-order valence-corrected chi connectivity index (χ4v) is 2.25. The van der Waals surface area contributed by atoms with Crippen LogP contribution < -0.4 is 9.47 Å². The van der Waals surface area contributed by atoms with E-state index in [1.54, 1.807) is 42.5 Å². The van der Waals surface area contributed by atoms with Crippen LogP contribution in [-0.2, 0) is 0 Å². The molecule has 0 aromatic heterocycles. The Bertz CT molecular complexity index is 804. The molecule has 0 N–H and O–H groups in total. The zero-order valence-electron chi connectivity index (χ0n) is 13.4. The van der Waals surface area contributed by atoms with Crippen molar-refractivity contribution in [1.29, 1.82) is 5.26 Å². The molecule has 0 unspecified atom stereocenters. The maximum Gasteiger partial charge on any atom is 0.203 e. The van der Waals surface area contributed by atoms with Gasteiger partial charge in [-0.05, 0) is 55.0 Å². The van der Waals surface area contributed by atoms with Crippen LogP contribution in [0.5, 0.6) is 11.5 Å². The monoisotopic (exact) mass is 341 g/mol. The van der Waals surface area contributed by atoms with Gasteiger partial charge in [-0.15, -0.1) is 0 Å². The molecule has 2 aromatic rings.